The number of amides is 2. The second kappa shape index (κ2) is 31.4. The van der Waals surface area contributed by atoms with Crippen LogP contribution in [-0.2, 0) is 22.4 Å². The third-order valence-corrected chi connectivity index (χ3v) is 22.8. The Morgan fingerprint density at radius 2 is 0.513 bits per heavy atom. The Labute approximate surface area is 482 Å². The van der Waals surface area contributed by atoms with Gasteiger partial charge in [-0.15, -0.1) is 68.0 Å². The van der Waals surface area contributed by atoms with Gasteiger partial charge in [-0.3, -0.25) is 9.59 Å². The van der Waals surface area contributed by atoms with Crippen molar-refractivity contribution in [1.82, 2.24) is 9.80 Å². The van der Waals surface area contributed by atoms with E-state index < -0.39 is 0 Å². The summed E-state index contributed by atoms with van der Waals surface area (Å²) in [5.41, 5.74) is 2.92. The topological polar surface area (TPSA) is 40.6 Å². The first kappa shape index (κ1) is 58.8. The molecule has 8 rings (SSSR count). The number of hydrogen-bond donors (Lipinski definition) is 0. The Balaban J connectivity index is 1.07. The fraction of sp³-hybridized carbons (Fsp3) is 0.545. The van der Waals surface area contributed by atoms with E-state index in [1.54, 1.807) is 22.7 Å². The van der Waals surface area contributed by atoms with Crippen molar-refractivity contribution in [1.29, 1.82) is 0 Å². The summed E-state index contributed by atoms with van der Waals surface area (Å²) in [5, 5.41) is 0. The monoisotopic (exact) mass is 1130 g/mol. The molecular formula is C66H88N2O2S6. The molecule has 0 bridgehead atoms. The largest absolute Gasteiger partial charge is 0.306 e. The van der Waals surface area contributed by atoms with E-state index in [1.165, 1.54) is 203 Å². The van der Waals surface area contributed by atoms with Crippen LogP contribution in [0.1, 0.15) is 227 Å². The fourth-order valence-electron chi connectivity index (χ4n) is 11.0. The van der Waals surface area contributed by atoms with Gasteiger partial charge < -0.3 is 9.80 Å². The summed E-state index contributed by atoms with van der Waals surface area (Å²) in [6, 6.07) is 27.2. The van der Waals surface area contributed by atoms with Crippen molar-refractivity contribution in [2.75, 3.05) is 13.1 Å². The lowest BCUT2D eigenvalue weighted by atomic mass is 10.1. The molecule has 410 valence electrons. The summed E-state index contributed by atoms with van der Waals surface area (Å²) < 4.78 is 0. The molecule has 0 N–H and O–H groups in total. The molecule has 8 heterocycles. The van der Waals surface area contributed by atoms with Gasteiger partial charge in [0.05, 0.1) is 32.3 Å². The van der Waals surface area contributed by atoms with Crippen LogP contribution in [0.2, 0.25) is 0 Å². The fourth-order valence-corrected chi connectivity index (χ4v) is 17.6. The molecule has 0 saturated carbocycles. The molecule has 0 atom stereocenters. The Hall–Kier alpha value is -3.38. The summed E-state index contributed by atoms with van der Waals surface area (Å²) in [6.45, 7) is 10.4. The second-order valence-electron chi connectivity index (χ2n) is 21.5. The van der Waals surface area contributed by atoms with Gasteiger partial charge in [0, 0.05) is 61.9 Å². The van der Waals surface area contributed by atoms with E-state index in [-0.39, 0.29) is 11.8 Å². The molecule has 0 aliphatic carbocycles. The van der Waals surface area contributed by atoms with E-state index in [0.29, 0.717) is 24.2 Å². The predicted molar refractivity (Wildman–Crippen MR) is 339 cm³/mol. The maximum atomic E-state index is 15.4. The van der Waals surface area contributed by atoms with E-state index in [2.05, 4.69) is 100 Å². The summed E-state index contributed by atoms with van der Waals surface area (Å²) in [5.74, 6) is 0.00547. The van der Waals surface area contributed by atoms with Crippen LogP contribution >= 0.6 is 68.0 Å². The molecule has 76 heavy (non-hydrogen) atoms. The minimum absolute atomic E-state index is 0.00274. The third kappa shape index (κ3) is 15.9. The van der Waals surface area contributed by atoms with Gasteiger partial charge in [0.25, 0.3) is 11.8 Å². The molecule has 2 amide bonds. The number of carbonyl (C=O) groups is 2. The van der Waals surface area contributed by atoms with Crippen LogP contribution in [-0.4, -0.2) is 34.7 Å². The van der Waals surface area contributed by atoms with Gasteiger partial charge >= 0.3 is 0 Å². The van der Waals surface area contributed by atoms with Crippen molar-refractivity contribution in [2.24, 2.45) is 0 Å². The zero-order valence-electron chi connectivity index (χ0n) is 46.7. The van der Waals surface area contributed by atoms with Crippen LogP contribution in [0.15, 0.2) is 83.9 Å². The quantitative estimate of drug-likeness (QED) is 0.0363. The van der Waals surface area contributed by atoms with Gasteiger partial charge in [-0.25, -0.2) is 0 Å². The number of carbonyl (C=O) groups excluding carboxylic acids is 2. The lowest BCUT2D eigenvalue weighted by Gasteiger charge is -2.24. The lowest BCUT2D eigenvalue weighted by molar-refractivity contribution is -0.124. The Morgan fingerprint density at radius 3 is 0.829 bits per heavy atom. The number of unbranched alkanes of at least 4 members (excludes halogenated alkanes) is 24. The van der Waals surface area contributed by atoms with E-state index in [1.807, 2.05) is 55.1 Å². The maximum Gasteiger partial charge on any atom is 0.261 e. The molecule has 0 unspecified atom stereocenters. The minimum Gasteiger partial charge on any atom is -0.306 e. The van der Waals surface area contributed by atoms with Crippen LogP contribution < -0.4 is 0 Å². The second-order valence-corrected chi connectivity index (χ2v) is 28.2. The van der Waals surface area contributed by atoms with Gasteiger partial charge in [-0.1, -0.05) is 182 Å². The molecule has 0 saturated heterocycles. The van der Waals surface area contributed by atoms with Gasteiger partial charge in [0.15, 0.2) is 0 Å². The van der Waals surface area contributed by atoms with Crippen LogP contribution in [0.25, 0.3) is 50.4 Å². The Kier molecular flexibility index (Phi) is 24.3. The maximum absolute atomic E-state index is 15.4. The first-order valence-electron chi connectivity index (χ1n) is 30.1. The van der Waals surface area contributed by atoms with Crippen LogP contribution in [0.3, 0.4) is 0 Å². The van der Waals surface area contributed by atoms with E-state index in [0.717, 1.165) is 59.7 Å². The number of fused-ring (bicyclic) bond motifs is 1. The summed E-state index contributed by atoms with van der Waals surface area (Å²) in [7, 11) is 0. The van der Waals surface area contributed by atoms with Crippen molar-refractivity contribution in [3.05, 3.63) is 103 Å². The van der Waals surface area contributed by atoms with Gasteiger partial charge in [-0.2, -0.15) is 0 Å². The summed E-state index contributed by atoms with van der Waals surface area (Å²) >= 11 is 11.1. The van der Waals surface area contributed by atoms with Crippen molar-refractivity contribution >= 4 is 91.2 Å². The highest BCUT2D eigenvalue weighted by Gasteiger charge is 2.49. The number of aryl methyl sites for hydroxylation is 2. The first-order valence-corrected chi connectivity index (χ1v) is 35.0. The van der Waals surface area contributed by atoms with E-state index >= 15 is 9.59 Å². The average Bonchev–Trinajstić information content (AvgIpc) is 4.34. The van der Waals surface area contributed by atoms with Gasteiger partial charge in [0.2, 0.25) is 0 Å². The first-order chi connectivity index (χ1) is 37.4. The molecule has 10 heteroatoms. The number of rotatable bonds is 38. The third-order valence-electron chi connectivity index (χ3n) is 15.4. The molecule has 6 aromatic rings. The van der Waals surface area contributed by atoms with Crippen molar-refractivity contribution in [2.45, 2.75) is 220 Å². The molecule has 0 radical (unpaired) electrons. The Morgan fingerprint density at radius 1 is 0.276 bits per heavy atom. The standard InChI is InChI=1S/C66H88N2O2S6/c1-5-9-13-17-19-21-23-25-27-31-47-67-63(59-45-43-57(75-59)55-41-39-53(73-55)51-37-35-49(71-51)33-29-15-11-7-3)61-62(65(67)69)64(68(66(61)70)48-32-28-26-24-22-20-18-14-10-6-2)60-46-44-58(76-60)56-42-40-54(74-56)52-38-36-50(72-52)34-30-16-12-8-4/h35-46H,5-34,47-48H2,1-4H3. The number of thiophene rings is 6. The average molecular weight is 1130 g/mol. The molecule has 0 fully saturated rings. The van der Waals surface area contributed by atoms with Crippen LogP contribution in [0, 0.1) is 0 Å². The SMILES string of the molecule is CCCCCCCCCCCCN1C(=O)C2=C(c3ccc(-c4ccc(-c5ccc(CCCCCC)s5)s4)s3)N(CCCCCCCCCCCC)C(=O)C2=C1c1ccc(-c2ccc(-c3ccc(CCCCCC)s3)s2)s1. The van der Waals surface area contributed by atoms with Crippen molar-refractivity contribution in [3.8, 4) is 39.0 Å². The van der Waals surface area contributed by atoms with Crippen LogP contribution in [0.4, 0.5) is 0 Å². The number of hydrogen-bond acceptors (Lipinski definition) is 8. The smallest absolute Gasteiger partial charge is 0.261 e. The van der Waals surface area contributed by atoms with Gasteiger partial charge in [0.1, 0.15) is 0 Å². The van der Waals surface area contributed by atoms with E-state index in [4.69, 9.17) is 0 Å². The summed E-state index contributed by atoms with van der Waals surface area (Å²) in [4.78, 5) is 50.0. The molecule has 2 aliphatic heterocycles. The number of nitrogens with zero attached hydrogens (tertiary/aromatic N) is 2. The van der Waals surface area contributed by atoms with Crippen molar-refractivity contribution < 1.29 is 9.59 Å². The molecule has 0 aromatic carbocycles. The highest BCUT2D eigenvalue weighted by atomic mass is 32.1. The minimum atomic E-state index is 0.00274. The molecule has 2 aliphatic rings. The molecule has 6 aromatic heterocycles. The van der Waals surface area contributed by atoms with Crippen molar-refractivity contribution in [3.63, 3.8) is 0 Å². The normalized spacial score (nSPS) is 13.8. The van der Waals surface area contributed by atoms with Crippen LogP contribution in [0.5, 0.6) is 0 Å². The predicted octanol–water partition coefficient (Wildman–Crippen LogP) is 22.6. The van der Waals surface area contributed by atoms with Gasteiger partial charge in [-0.05, 0) is 111 Å². The zero-order chi connectivity index (χ0) is 52.9. The molecular weight excluding hydrogens is 1050 g/mol. The van der Waals surface area contributed by atoms with E-state index in [9.17, 15) is 0 Å². The highest BCUT2D eigenvalue weighted by molar-refractivity contribution is 7.27. The molecule has 4 nitrogen and oxygen atoms in total. The summed E-state index contributed by atoms with van der Waals surface area (Å²) in [6.07, 6.45) is 37.4. The zero-order valence-corrected chi connectivity index (χ0v) is 51.6. The molecule has 0 spiro atoms. The lowest BCUT2D eigenvalue weighted by Crippen LogP contribution is -2.30. The Bertz CT molecular complexity index is 2580. The highest BCUT2D eigenvalue weighted by Crippen LogP contribution is 2.51.